The van der Waals surface area contributed by atoms with Crippen LogP contribution in [0.1, 0.15) is 49.8 Å². The van der Waals surface area contributed by atoms with Crippen LogP contribution in [-0.2, 0) is 16.6 Å². The number of hydrogen-bond acceptors (Lipinski definition) is 6. The number of aliphatic hydroxyl groups is 1. The number of likely N-dealkylation sites (N-methyl/N-ethyl adjacent to an activating group) is 1. The van der Waals surface area contributed by atoms with Gasteiger partial charge in [-0.2, -0.15) is 0 Å². The van der Waals surface area contributed by atoms with Crippen molar-refractivity contribution in [1.29, 1.82) is 0 Å². The van der Waals surface area contributed by atoms with Gasteiger partial charge in [0, 0.05) is 43.1 Å². The number of fused-ring (bicyclic) bond motifs is 1. The number of oxime groups is 1. The first kappa shape index (κ1) is 22.5. The summed E-state index contributed by atoms with van der Waals surface area (Å²) in [7, 11) is 2.01. The van der Waals surface area contributed by atoms with Crippen molar-refractivity contribution in [2.45, 2.75) is 56.6 Å². The maximum atomic E-state index is 13.5. The Bertz CT molecular complexity index is 966. The van der Waals surface area contributed by atoms with E-state index in [0.29, 0.717) is 37.9 Å². The fourth-order valence-electron chi connectivity index (χ4n) is 6.12. The van der Waals surface area contributed by atoms with E-state index < -0.39 is 11.0 Å². The maximum Gasteiger partial charge on any atom is 0.326 e. The molecule has 174 valence electrons. The maximum absolute atomic E-state index is 13.5. The second-order valence-corrected chi connectivity index (χ2v) is 9.24. The minimum atomic E-state index is -1.20. The smallest absolute Gasteiger partial charge is 0.326 e. The van der Waals surface area contributed by atoms with Gasteiger partial charge in [0.25, 0.3) is 0 Å². The van der Waals surface area contributed by atoms with Gasteiger partial charge < -0.3 is 25.8 Å². The molecule has 0 aromatic heterocycles. The van der Waals surface area contributed by atoms with Crippen molar-refractivity contribution in [2.75, 3.05) is 33.2 Å². The van der Waals surface area contributed by atoms with Gasteiger partial charge in [-0.25, -0.2) is 4.79 Å². The first-order chi connectivity index (χ1) is 15.2. The number of carbonyl (C=O) groups excluding carboxylic acids is 2. The molecule has 2 heterocycles. The molecule has 2 fully saturated rings. The van der Waals surface area contributed by atoms with E-state index in [1.807, 2.05) is 32.2 Å². The van der Waals surface area contributed by atoms with Gasteiger partial charge in [-0.1, -0.05) is 17.3 Å². The molecule has 9 nitrogen and oxygen atoms in total. The van der Waals surface area contributed by atoms with Crippen molar-refractivity contribution >= 4 is 17.8 Å². The predicted molar refractivity (Wildman–Crippen MR) is 120 cm³/mol. The molecule has 4 N–H and O–H groups in total. The van der Waals surface area contributed by atoms with Crippen LogP contribution in [0.5, 0.6) is 0 Å². The van der Waals surface area contributed by atoms with Gasteiger partial charge in [0.2, 0.25) is 5.91 Å². The molecule has 0 spiro atoms. The minimum Gasteiger partial charge on any atom is -0.409 e. The lowest BCUT2D eigenvalue weighted by Crippen LogP contribution is -2.71. The lowest BCUT2D eigenvalue weighted by atomic mass is 9.52. The summed E-state index contributed by atoms with van der Waals surface area (Å²) in [5.74, 6) is -0.290. The highest BCUT2D eigenvalue weighted by molar-refractivity contribution is 5.98. The third-order valence-corrected chi connectivity index (χ3v) is 7.96. The fraction of sp³-hybridized carbons (Fsp3) is 0.609. The lowest BCUT2D eigenvalue weighted by Gasteiger charge is -2.61. The number of piperidine rings is 1. The Morgan fingerprint density at radius 1 is 1.22 bits per heavy atom. The number of hydrogen-bond donors (Lipinski definition) is 3. The summed E-state index contributed by atoms with van der Waals surface area (Å²) in [6.45, 7) is 5.54. The van der Waals surface area contributed by atoms with Crippen LogP contribution in [0.3, 0.4) is 0 Å². The van der Waals surface area contributed by atoms with E-state index in [1.54, 1.807) is 11.8 Å². The molecule has 2 bridgehead atoms. The van der Waals surface area contributed by atoms with Crippen molar-refractivity contribution in [3.8, 4) is 0 Å². The Kier molecular flexibility index (Phi) is 5.67. The molecule has 0 unspecified atom stereocenters. The Hall–Kier alpha value is -2.65. The number of carbonyl (C=O) groups is 2. The Morgan fingerprint density at radius 2 is 1.97 bits per heavy atom. The van der Waals surface area contributed by atoms with Gasteiger partial charge in [-0.3, -0.25) is 9.69 Å². The van der Waals surface area contributed by atoms with Crippen LogP contribution in [0, 0.1) is 0 Å². The third kappa shape index (κ3) is 3.09. The van der Waals surface area contributed by atoms with E-state index in [4.69, 9.17) is 5.73 Å². The van der Waals surface area contributed by atoms with Gasteiger partial charge >= 0.3 is 6.03 Å². The number of rotatable bonds is 3. The molecule has 1 aromatic rings. The van der Waals surface area contributed by atoms with Gasteiger partial charge in [0.1, 0.15) is 0 Å². The largest absolute Gasteiger partial charge is 0.409 e. The topological polar surface area (TPSA) is 123 Å². The second kappa shape index (κ2) is 8.04. The lowest BCUT2D eigenvalue weighted by molar-refractivity contribution is -0.157. The average Bonchev–Trinajstić information content (AvgIpc) is 2.81. The number of urea groups is 1. The summed E-state index contributed by atoms with van der Waals surface area (Å²) in [5.41, 5.74) is 6.29. The van der Waals surface area contributed by atoms with Crippen molar-refractivity contribution in [3.05, 3.63) is 34.9 Å². The average molecular weight is 444 g/mol. The summed E-state index contributed by atoms with van der Waals surface area (Å²) in [5, 5.41) is 24.7. The highest BCUT2D eigenvalue weighted by Crippen LogP contribution is 2.55. The molecule has 32 heavy (non-hydrogen) atoms. The monoisotopic (exact) mass is 443 g/mol. The number of nitrogens with zero attached hydrogens (tertiary/aromatic N) is 4. The minimum absolute atomic E-state index is 0.0142. The zero-order chi connectivity index (χ0) is 23.3. The zero-order valence-electron chi connectivity index (χ0n) is 19.0. The molecule has 0 saturated carbocycles. The molecule has 3 aliphatic rings. The first-order valence-electron chi connectivity index (χ1n) is 11.4. The molecular formula is C23H33N5O4. The van der Waals surface area contributed by atoms with E-state index in [9.17, 15) is 19.9 Å². The molecule has 2 aliphatic heterocycles. The predicted octanol–water partition coefficient (Wildman–Crippen LogP) is 1.09. The second-order valence-electron chi connectivity index (χ2n) is 9.24. The SMILES string of the molecule is CCN1CC[C@@]2(O)[C@H]3Cc4ccc(/C(N)=N/O)cc4[C@@]2(CCN3C)CC(=O)N(CC)C1=O. The van der Waals surface area contributed by atoms with Crippen molar-refractivity contribution in [3.63, 3.8) is 0 Å². The summed E-state index contributed by atoms with van der Waals surface area (Å²) in [4.78, 5) is 31.8. The van der Waals surface area contributed by atoms with E-state index in [0.717, 1.165) is 17.7 Å². The van der Waals surface area contributed by atoms with Crippen LogP contribution in [0.2, 0.25) is 0 Å². The third-order valence-electron chi connectivity index (χ3n) is 7.96. The quantitative estimate of drug-likeness (QED) is 0.278. The molecule has 3 amide bonds. The Labute approximate surface area is 188 Å². The van der Waals surface area contributed by atoms with Crippen LogP contribution in [0.25, 0.3) is 0 Å². The van der Waals surface area contributed by atoms with Crippen molar-refractivity contribution < 1.29 is 19.9 Å². The summed E-state index contributed by atoms with van der Waals surface area (Å²) >= 11 is 0. The van der Waals surface area contributed by atoms with Gasteiger partial charge in [-0.05, 0) is 63.9 Å². The zero-order valence-corrected chi connectivity index (χ0v) is 19.0. The molecule has 1 aliphatic carbocycles. The highest BCUT2D eigenvalue weighted by Gasteiger charge is 2.63. The van der Waals surface area contributed by atoms with Crippen molar-refractivity contribution in [1.82, 2.24) is 14.7 Å². The molecular weight excluding hydrogens is 410 g/mol. The van der Waals surface area contributed by atoms with Crippen LogP contribution in [-0.4, -0.2) is 87.7 Å². The number of amides is 3. The molecule has 1 aromatic carbocycles. The van der Waals surface area contributed by atoms with Gasteiger partial charge in [0.05, 0.1) is 5.60 Å². The van der Waals surface area contributed by atoms with Crippen molar-refractivity contribution in [2.24, 2.45) is 10.9 Å². The normalized spacial score (nSPS) is 31.5. The van der Waals surface area contributed by atoms with E-state index in [2.05, 4.69) is 10.1 Å². The number of amidine groups is 1. The fourth-order valence-corrected chi connectivity index (χ4v) is 6.12. The van der Waals surface area contributed by atoms with Crippen LogP contribution in [0.4, 0.5) is 4.79 Å². The first-order valence-corrected chi connectivity index (χ1v) is 11.4. The van der Waals surface area contributed by atoms with E-state index in [1.165, 1.54) is 4.90 Å². The number of likely N-dealkylation sites (tertiary alicyclic amines) is 1. The standard InChI is InChI=1S/C23H33N5O4/c1-4-27-11-9-23(31)18-13-15-6-7-16(20(24)25-32)12-17(15)22(23,8-10-26(18)3)14-19(29)28(5-2)21(27)30/h6-7,12,18,31-32H,4-5,8-11,13-14H2,1-3H3,(H2,24,25)/t18-,22-,23-/m1/s1. The van der Waals surface area contributed by atoms with Crippen LogP contribution in [0.15, 0.2) is 23.4 Å². The molecule has 2 saturated heterocycles. The van der Waals surface area contributed by atoms with E-state index in [-0.39, 0.29) is 36.8 Å². The Morgan fingerprint density at radius 3 is 2.62 bits per heavy atom. The summed E-state index contributed by atoms with van der Waals surface area (Å²) in [6.07, 6.45) is 1.62. The highest BCUT2D eigenvalue weighted by atomic mass is 16.4. The Balaban J connectivity index is 1.95. The summed E-state index contributed by atoms with van der Waals surface area (Å²) in [6, 6.07) is 5.15. The number of benzene rings is 1. The molecule has 0 radical (unpaired) electrons. The van der Waals surface area contributed by atoms with Crippen LogP contribution >= 0.6 is 0 Å². The number of nitrogens with two attached hydrogens (primary N) is 1. The number of imide groups is 1. The van der Waals surface area contributed by atoms with Crippen LogP contribution < -0.4 is 5.73 Å². The summed E-state index contributed by atoms with van der Waals surface area (Å²) < 4.78 is 0. The van der Waals surface area contributed by atoms with Gasteiger partial charge in [-0.15, -0.1) is 0 Å². The molecule has 9 heteroatoms. The van der Waals surface area contributed by atoms with E-state index >= 15 is 0 Å². The molecule has 3 atom stereocenters. The molecule has 4 rings (SSSR count). The van der Waals surface area contributed by atoms with Gasteiger partial charge in [0.15, 0.2) is 5.84 Å².